The Kier molecular flexibility index (Phi) is 5.86. The maximum Gasteiger partial charge on any atom is 0.167 e. The van der Waals surface area contributed by atoms with Gasteiger partial charge in [0.15, 0.2) is 3.95 Å². The van der Waals surface area contributed by atoms with Crippen LogP contribution >= 0.6 is 47.5 Å². The average molecular weight is 497 g/mol. The van der Waals surface area contributed by atoms with Crippen LogP contribution in [0.4, 0.5) is 15.9 Å². The van der Waals surface area contributed by atoms with Gasteiger partial charge in [0.1, 0.15) is 21.7 Å². The monoisotopic (exact) mass is 496 g/mol. The minimum atomic E-state index is -0.288. The molecule has 0 N–H and O–H groups in total. The SMILES string of the molecule is COc1ccc(-n2c3c(sc2=S)C(c2ccccc2)SC(=S)N3c2ccc(F)cc2)cc1. The molecule has 1 atom stereocenters. The van der Waals surface area contributed by atoms with Gasteiger partial charge >= 0.3 is 0 Å². The molecule has 0 saturated heterocycles. The van der Waals surface area contributed by atoms with Crippen molar-refractivity contribution < 1.29 is 9.13 Å². The van der Waals surface area contributed by atoms with Crippen LogP contribution in [0, 0.1) is 9.77 Å². The summed E-state index contributed by atoms with van der Waals surface area (Å²) in [7, 11) is 1.64. The van der Waals surface area contributed by atoms with E-state index < -0.39 is 0 Å². The summed E-state index contributed by atoms with van der Waals surface area (Å²) in [5.41, 5.74) is 2.88. The number of methoxy groups -OCH3 is 1. The van der Waals surface area contributed by atoms with Crippen molar-refractivity contribution in [2.75, 3.05) is 12.0 Å². The summed E-state index contributed by atoms with van der Waals surface area (Å²) in [6.07, 6.45) is 0. The fraction of sp³-hybridized carbons (Fsp3) is 0.0833. The lowest BCUT2D eigenvalue weighted by Crippen LogP contribution is -2.29. The van der Waals surface area contributed by atoms with Crippen molar-refractivity contribution in [2.45, 2.75) is 5.25 Å². The quantitative estimate of drug-likeness (QED) is 0.269. The molecule has 0 saturated carbocycles. The Labute approximate surface area is 204 Å². The number of benzene rings is 3. The Hall–Kier alpha value is -2.52. The predicted octanol–water partition coefficient (Wildman–Crippen LogP) is 7.68. The molecule has 1 aliphatic rings. The van der Waals surface area contributed by atoms with Gasteiger partial charge in [0, 0.05) is 11.4 Å². The van der Waals surface area contributed by atoms with Gasteiger partial charge < -0.3 is 4.74 Å². The van der Waals surface area contributed by atoms with E-state index in [-0.39, 0.29) is 11.1 Å². The third-order valence-electron chi connectivity index (χ3n) is 5.18. The zero-order valence-corrected chi connectivity index (χ0v) is 20.2. The molecule has 4 aromatic rings. The van der Waals surface area contributed by atoms with Crippen molar-refractivity contribution in [1.82, 2.24) is 4.57 Å². The highest BCUT2D eigenvalue weighted by molar-refractivity contribution is 8.23. The number of aromatic nitrogens is 1. The zero-order valence-electron chi connectivity index (χ0n) is 16.9. The molecule has 0 aliphatic carbocycles. The second kappa shape index (κ2) is 8.78. The first kappa shape index (κ1) is 21.3. The predicted molar refractivity (Wildman–Crippen MR) is 138 cm³/mol. The van der Waals surface area contributed by atoms with Crippen molar-refractivity contribution in [3.8, 4) is 11.4 Å². The Morgan fingerprint density at radius 3 is 2.19 bits per heavy atom. The fourth-order valence-corrected chi connectivity index (χ4v) is 6.90. The van der Waals surface area contributed by atoms with E-state index in [2.05, 4.69) is 12.1 Å². The molecular weight excluding hydrogens is 480 g/mol. The average Bonchev–Trinajstić information content (AvgIpc) is 3.16. The second-order valence-electron chi connectivity index (χ2n) is 7.08. The normalized spacial score (nSPS) is 15.5. The molecule has 0 fully saturated rings. The molecule has 0 spiro atoms. The second-order valence-corrected chi connectivity index (χ2v) is 10.5. The van der Waals surface area contributed by atoms with Crippen molar-refractivity contribution >= 4 is 63.4 Å². The fourth-order valence-electron chi connectivity index (χ4n) is 3.68. The lowest BCUT2D eigenvalue weighted by molar-refractivity contribution is 0.415. The van der Waals surface area contributed by atoms with Crippen LogP contribution in [0.3, 0.4) is 0 Å². The maximum atomic E-state index is 13.7. The summed E-state index contributed by atoms with van der Waals surface area (Å²) in [5, 5.41) is 0.0293. The molecule has 3 nitrogen and oxygen atoms in total. The zero-order chi connectivity index (χ0) is 22.2. The number of thioether (sulfide) groups is 1. The van der Waals surface area contributed by atoms with Gasteiger partial charge in [-0.1, -0.05) is 54.3 Å². The largest absolute Gasteiger partial charge is 0.497 e. The molecule has 2 heterocycles. The molecule has 32 heavy (non-hydrogen) atoms. The van der Waals surface area contributed by atoms with E-state index in [9.17, 15) is 4.39 Å². The molecular formula is C24H17FN2OS4. The highest BCUT2D eigenvalue weighted by Crippen LogP contribution is 2.52. The van der Waals surface area contributed by atoms with Crippen molar-refractivity contribution in [1.29, 1.82) is 0 Å². The number of ether oxygens (including phenoxy) is 1. The number of thiazole rings is 1. The van der Waals surface area contributed by atoms with Crippen LogP contribution in [0.15, 0.2) is 78.9 Å². The lowest BCUT2D eigenvalue weighted by Gasteiger charge is -2.34. The molecule has 160 valence electrons. The van der Waals surface area contributed by atoms with Crippen molar-refractivity contribution in [3.63, 3.8) is 0 Å². The number of hydrogen-bond acceptors (Lipinski definition) is 5. The first-order chi connectivity index (χ1) is 15.6. The van der Waals surface area contributed by atoms with Gasteiger partial charge in [-0.3, -0.25) is 9.47 Å². The summed E-state index contributed by atoms with van der Waals surface area (Å²) < 4.78 is 22.4. The van der Waals surface area contributed by atoms with E-state index in [4.69, 9.17) is 29.2 Å². The Bertz CT molecular complexity index is 1330. The van der Waals surface area contributed by atoms with Crippen LogP contribution in [-0.4, -0.2) is 16.0 Å². The summed E-state index contributed by atoms with van der Waals surface area (Å²) in [4.78, 5) is 3.10. The number of rotatable bonds is 4. The summed E-state index contributed by atoms with van der Waals surface area (Å²) in [6, 6.07) is 24.5. The molecule has 0 radical (unpaired) electrons. The molecule has 5 rings (SSSR count). The number of halogens is 1. The smallest absolute Gasteiger partial charge is 0.167 e. The number of thiocarbonyl (C=S) groups is 1. The number of fused-ring (bicyclic) bond motifs is 1. The van der Waals surface area contributed by atoms with Gasteiger partial charge in [0.25, 0.3) is 0 Å². The molecule has 0 bridgehead atoms. The molecule has 1 aromatic heterocycles. The van der Waals surface area contributed by atoms with E-state index in [1.165, 1.54) is 12.1 Å². The summed E-state index contributed by atoms with van der Waals surface area (Å²) in [6.45, 7) is 0. The first-order valence-corrected chi connectivity index (χ1v) is 12.3. The van der Waals surface area contributed by atoms with Crippen LogP contribution in [-0.2, 0) is 0 Å². The van der Waals surface area contributed by atoms with Crippen LogP contribution in [0.1, 0.15) is 15.7 Å². The highest BCUT2D eigenvalue weighted by atomic mass is 32.2. The van der Waals surface area contributed by atoms with Gasteiger partial charge in [-0.2, -0.15) is 0 Å². The molecule has 1 unspecified atom stereocenters. The Morgan fingerprint density at radius 2 is 1.53 bits per heavy atom. The number of nitrogens with zero attached hydrogens (tertiary/aromatic N) is 2. The topological polar surface area (TPSA) is 17.4 Å². The number of anilines is 2. The van der Waals surface area contributed by atoms with Gasteiger partial charge in [0.05, 0.1) is 17.2 Å². The first-order valence-electron chi connectivity index (χ1n) is 9.78. The van der Waals surface area contributed by atoms with Crippen LogP contribution in [0.2, 0.25) is 0 Å². The van der Waals surface area contributed by atoms with Gasteiger partial charge in [-0.05, 0) is 66.3 Å². The standard InChI is InChI=1S/C24H17FN2OS4/c1-28-19-13-11-18(12-14-19)27-22-21(32-24(27)30)20(15-5-3-2-4-6-15)31-23(29)26(22)17-9-7-16(25)8-10-17/h2-14,20H,1H3. The van der Waals surface area contributed by atoms with Crippen molar-refractivity contribution in [2.24, 2.45) is 0 Å². The minimum Gasteiger partial charge on any atom is -0.497 e. The third-order valence-corrected chi connectivity index (χ3v) is 8.36. The molecule has 3 aromatic carbocycles. The number of hydrogen-bond donors (Lipinski definition) is 0. The van der Waals surface area contributed by atoms with E-state index >= 15 is 0 Å². The van der Waals surface area contributed by atoms with Crippen LogP contribution < -0.4 is 9.64 Å². The summed E-state index contributed by atoms with van der Waals surface area (Å²) >= 11 is 14.9. The Balaban J connectivity index is 1.75. The van der Waals surface area contributed by atoms with Crippen LogP contribution in [0.25, 0.3) is 5.69 Å². The highest BCUT2D eigenvalue weighted by Gasteiger charge is 2.36. The van der Waals surface area contributed by atoms with Crippen molar-refractivity contribution in [3.05, 3.63) is 99.1 Å². The van der Waals surface area contributed by atoms with Crippen LogP contribution in [0.5, 0.6) is 5.75 Å². The molecule has 1 aliphatic heterocycles. The van der Waals surface area contributed by atoms with Gasteiger partial charge in [-0.25, -0.2) is 4.39 Å². The van der Waals surface area contributed by atoms with Gasteiger partial charge in [0.2, 0.25) is 0 Å². The molecule has 0 amide bonds. The van der Waals surface area contributed by atoms with Gasteiger partial charge in [-0.15, -0.1) is 11.3 Å². The summed E-state index contributed by atoms with van der Waals surface area (Å²) in [5.74, 6) is 1.38. The van der Waals surface area contributed by atoms with E-state index in [0.717, 1.165) is 37.3 Å². The van der Waals surface area contributed by atoms with E-state index in [1.54, 1.807) is 42.3 Å². The Morgan fingerprint density at radius 1 is 0.875 bits per heavy atom. The third kappa shape index (κ3) is 3.77. The minimum absolute atomic E-state index is 0.0293. The lowest BCUT2D eigenvalue weighted by atomic mass is 10.1. The van der Waals surface area contributed by atoms with E-state index in [0.29, 0.717) is 4.32 Å². The maximum absolute atomic E-state index is 13.7. The molecule has 8 heteroatoms. The van der Waals surface area contributed by atoms with E-state index in [1.807, 2.05) is 51.9 Å².